The molecular formula is C15H23NO7. The molecule has 3 atom stereocenters. The third kappa shape index (κ3) is 6.66. The fraction of sp³-hybridized carbons (Fsp3) is 0.733. The van der Waals surface area contributed by atoms with Gasteiger partial charge in [0, 0.05) is 27.7 Å². The van der Waals surface area contributed by atoms with E-state index in [1.54, 1.807) is 6.92 Å². The van der Waals surface area contributed by atoms with Crippen molar-refractivity contribution in [1.29, 1.82) is 0 Å². The normalized spacial score (nSPS) is 21.2. The summed E-state index contributed by atoms with van der Waals surface area (Å²) in [6, 6.07) is -0.650. The molecule has 0 amide bonds. The van der Waals surface area contributed by atoms with Crippen LogP contribution in [0.15, 0.2) is 4.99 Å². The quantitative estimate of drug-likeness (QED) is 0.511. The summed E-state index contributed by atoms with van der Waals surface area (Å²) in [4.78, 5) is 37.6. The highest BCUT2D eigenvalue weighted by molar-refractivity contribution is 5.75. The Morgan fingerprint density at radius 3 is 2.17 bits per heavy atom. The molecule has 0 aromatic carbocycles. The molecule has 0 spiro atoms. The van der Waals surface area contributed by atoms with Crippen molar-refractivity contribution in [2.75, 3.05) is 6.61 Å². The second-order valence-corrected chi connectivity index (χ2v) is 5.53. The molecule has 130 valence electrons. The molecule has 8 nitrogen and oxygen atoms in total. The average Bonchev–Trinajstić information content (AvgIpc) is 2.75. The van der Waals surface area contributed by atoms with Crippen LogP contribution in [0.4, 0.5) is 0 Å². The van der Waals surface area contributed by atoms with Crippen LogP contribution in [0.1, 0.15) is 41.0 Å². The molecule has 0 saturated heterocycles. The SMILES string of the molecule is CC(=O)OCC(C)CC1OC(C)=NC1C(OC(C)=O)OC(C)=O. The smallest absolute Gasteiger partial charge is 0.305 e. The molecule has 0 bridgehead atoms. The third-order valence-corrected chi connectivity index (χ3v) is 3.08. The van der Waals surface area contributed by atoms with Crippen LogP contribution in [-0.4, -0.2) is 48.8 Å². The van der Waals surface area contributed by atoms with Crippen molar-refractivity contribution in [1.82, 2.24) is 0 Å². The number of esters is 3. The van der Waals surface area contributed by atoms with E-state index in [2.05, 4.69) is 4.99 Å². The van der Waals surface area contributed by atoms with Gasteiger partial charge in [-0.3, -0.25) is 14.4 Å². The van der Waals surface area contributed by atoms with Gasteiger partial charge in [0.1, 0.15) is 6.10 Å². The van der Waals surface area contributed by atoms with E-state index in [1.165, 1.54) is 20.8 Å². The zero-order valence-electron chi connectivity index (χ0n) is 14.0. The largest absolute Gasteiger partial charge is 0.475 e. The minimum Gasteiger partial charge on any atom is -0.475 e. The van der Waals surface area contributed by atoms with E-state index < -0.39 is 30.4 Å². The van der Waals surface area contributed by atoms with Crippen LogP contribution in [0.25, 0.3) is 0 Å². The van der Waals surface area contributed by atoms with Crippen molar-refractivity contribution >= 4 is 23.8 Å². The van der Waals surface area contributed by atoms with Crippen molar-refractivity contribution in [3.63, 3.8) is 0 Å². The Bertz CT molecular complexity index is 472. The van der Waals surface area contributed by atoms with Crippen LogP contribution < -0.4 is 0 Å². The van der Waals surface area contributed by atoms with E-state index in [1.807, 2.05) is 6.92 Å². The van der Waals surface area contributed by atoms with Gasteiger partial charge in [0.05, 0.1) is 6.61 Å². The monoisotopic (exact) mass is 329 g/mol. The number of carbonyl (C=O) groups is 3. The van der Waals surface area contributed by atoms with E-state index >= 15 is 0 Å². The number of hydrogen-bond donors (Lipinski definition) is 0. The number of hydrogen-bond acceptors (Lipinski definition) is 8. The van der Waals surface area contributed by atoms with E-state index in [0.29, 0.717) is 12.3 Å². The maximum atomic E-state index is 11.2. The molecule has 1 aliphatic rings. The molecule has 0 radical (unpaired) electrons. The summed E-state index contributed by atoms with van der Waals surface area (Å²) in [6.45, 7) is 7.59. The van der Waals surface area contributed by atoms with Gasteiger partial charge in [0.15, 0.2) is 11.9 Å². The topological polar surface area (TPSA) is 100 Å². The fourth-order valence-corrected chi connectivity index (χ4v) is 2.25. The minimum absolute atomic E-state index is 0.00260. The maximum absolute atomic E-state index is 11.2. The standard InChI is InChI=1S/C15H23NO7/c1-8(7-20-10(3)17)6-13-14(16-9(2)21-13)15(22-11(4)18)23-12(5)19/h8,13-15H,6-7H2,1-5H3. The van der Waals surface area contributed by atoms with Crippen molar-refractivity contribution in [2.24, 2.45) is 10.9 Å². The molecule has 0 fully saturated rings. The third-order valence-electron chi connectivity index (χ3n) is 3.08. The molecule has 0 saturated carbocycles. The van der Waals surface area contributed by atoms with E-state index in [4.69, 9.17) is 18.9 Å². The predicted molar refractivity (Wildman–Crippen MR) is 79.5 cm³/mol. The first-order chi connectivity index (χ1) is 10.7. The Hall–Kier alpha value is -2.12. The Labute approximate surface area is 135 Å². The molecular weight excluding hydrogens is 306 g/mol. The van der Waals surface area contributed by atoms with E-state index in [-0.39, 0.29) is 18.5 Å². The molecule has 1 aliphatic heterocycles. The van der Waals surface area contributed by atoms with Crippen molar-refractivity contribution in [3.8, 4) is 0 Å². The van der Waals surface area contributed by atoms with Gasteiger partial charge in [-0.15, -0.1) is 0 Å². The number of aliphatic imine (C=N–C) groups is 1. The van der Waals surface area contributed by atoms with Crippen molar-refractivity contribution in [3.05, 3.63) is 0 Å². The molecule has 0 aromatic heterocycles. The summed E-state index contributed by atoms with van der Waals surface area (Å²) in [7, 11) is 0. The highest BCUT2D eigenvalue weighted by Gasteiger charge is 2.40. The van der Waals surface area contributed by atoms with Gasteiger partial charge in [-0.05, 0) is 12.3 Å². The van der Waals surface area contributed by atoms with Gasteiger partial charge >= 0.3 is 17.9 Å². The van der Waals surface area contributed by atoms with Crippen LogP contribution in [0.5, 0.6) is 0 Å². The average molecular weight is 329 g/mol. The van der Waals surface area contributed by atoms with Crippen LogP contribution in [0.3, 0.4) is 0 Å². The lowest BCUT2D eigenvalue weighted by Gasteiger charge is -2.26. The summed E-state index contributed by atoms with van der Waals surface area (Å²) in [5.41, 5.74) is 0. The Morgan fingerprint density at radius 2 is 1.70 bits per heavy atom. The number of ether oxygens (including phenoxy) is 4. The van der Waals surface area contributed by atoms with Crippen LogP contribution in [0.2, 0.25) is 0 Å². The van der Waals surface area contributed by atoms with Crippen LogP contribution >= 0.6 is 0 Å². The maximum Gasteiger partial charge on any atom is 0.305 e. The molecule has 8 heteroatoms. The van der Waals surface area contributed by atoms with Gasteiger partial charge in [-0.25, -0.2) is 4.99 Å². The summed E-state index contributed by atoms with van der Waals surface area (Å²) in [6.07, 6.45) is -1.09. The Morgan fingerprint density at radius 1 is 1.13 bits per heavy atom. The first kappa shape index (κ1) is 18.9. The first-order valence-corrected chi connectivity index (χ1v) is 7.38. The molecule has 1 heterocycles. The predicted octanol–water partition coefficient (Wildman–Crippen LogP) is 1.21. The van der Waals surface area contributed by atoms with Gasteiger partial charge in [-0.2, -0.15) is 0 Å². The lowest BCUT2D eigenvalue weighted by atomic mass is 9.99. The second-order valence-electron chi connectivity index (χ2n) is 5.53. The van der Waals surface area contributed by atoms with Crippen LogP contribution in [0, 0.1) is 5.92 Å². The Kier molecular flexibility index (Phi) is 6.99. The fourth-order valence-electron chi connectivity index (χ4n) is 2.25. The molecule has 0 aromatic rings. The van der Waals surface area contributed by atoms with E-state index in [0.717, 1.165) is 0 Å². The minimum atomic E-state index is -1.15. The number of carbonyl (C=O) groups excluding carboxylic acids is 3. The first-order valence-electron chi connectivity index (χ1n) is 7.38. The summed E-state index contributed by atoms with van der Waals surface area (Å²) in [5.74, 6) is -1.09. The summed E-state index contributed by atoms with van der Waals surface area (Å²) >= 11 is 0. The lowest BCUT2D eigenvalue weighted by molar-refractivity contribution is -0.191. The van der Waals surface area contributed by atoms with Gasteiger partial charge in [-0.1, -0.05) is 6.92 Å². The molecule has 1 rings (SSSR count). The second kappa shape index (κ2) is 8.50. The number of rotatable bonds is 7. The van der Waals surface area contributed by atoms with Crippen molar-refractivity contribution < 1.29 is 33.3 Å². The van der Waals surface area contributed by atoms with Gasteiger partial charge in [0.2, 0.25) is 0 Å². The molecule has 0 aliphatic carbocycles. The highest BCUT2D eigenvalue weighted by Crippen LogP contribution is 2.25. The highest BCUT2D eigenvalue weighted by atomic mass is 16.7. The van der Waals surface area contributed by atoms with Crippen molar-refractivity contribution in [2.45, 2.75) is 59.5 Å². The molecule has 3 unspecified atom stereocenters. The lowest BCUT2D eigenvalue weighted by Crippen LogP contribution is -2.40. The zero-order valence-corrected chi connectivity index (χ0v) is 14.0. The van der Waals surface area contributed by atoms with Gasteiger partial charge in [0.25, 0.3) is 6.29 Å². The van der Waals surface area contributed by atoms with E-state index in [9.17, 15) is 14.4 Å². The Balaban J connectivity index is 2.75. The molecule has 0 N–H and O–H groups in total. The van der Waals surface area contributed by atoms with Gasteiger partial charge < -0.3 is 18.9 Å². The molecule has 23 heavy (non-hydrogen) atoms. The number of nitrogens with zero attached hydrogens (tertiary/aromatic N) is 1. The zero-order chi connectivity index (χ0) is 17.6. The van der Waals surface area contributed by atoms with Crippen LogP contribution in [-0.2, 0) is 33.3 Å². The summed E-state index contributed by atoms with van der Waals surface area (Å²) < 4.78 is 20.7. The summed E-state index contributed by atoms with van der Waals surface area (Å²) in [5, 5.41) is 0.